The Kier molecular flexibility index (Phi) is 3.96. The van der Waals surface area contributed by atoms with E-state index in [1.54, 1.807) is 43.6 Å². The predicted octanol–water partition coefficient (Wildman–Crippen LogP) is 2.28. The van der Waals surface area contributed by atoms with Crippen LogP contribution in [-0.2, 0) is 4.57 Å². The Morgan fingerprint density at radius 3 is 1.93 bits per heavy atom. The minimum absolute atomic E-state index is 0.545. The van der Waals surface area contributed by atoms with Crippen LogP contribution in [0.3, 0.4) is 0 Å². The maximum Gasteiger partial charge on any atom is 0.246 e. The van der Waals surface area contributed by atoms with E-state index in [0.717, 1.165) is 0 Å². The Bertz CT molecular complexity index is 381. The fourth-order valence-corrected chi connectivity index (χ4v) is 4.15. The van der Waals surface area contributed by atoms with Crippen LogP contribution in [0.5, 0.6) is 0 Å². The highest BCUT2D eigenvalue weighted by atomic mass is 35.5. The van der Waals surface area contributed by atoms with Crippen LogP contribution in [0, 0.1) is 0 Å². The SMILES string of the molecule is CN(C)P(=O)(c1ccccc1Cl)N(C)C. The molecule has 0 radical (unpaired) electrons. The van der Waals surface area contributed by atoms with Crippen LogP contribution in [0.2, 0.25) is 5.02 Å². The molecule has 3 nitrogen and oxygen atoms in total. The van der Waals surface area contributed by atoms with Crippen molar-refractivity contribution >= 4 is 24.3 Å². The molecule has 0 saturated carbocycles. The summed E-state index contributed by atoms with van der Waals surface area (Å²) in [7, 11) is 4.46. The van der Waals surface area contributed by atoms with Crippen LogP contribution in [0.25, 0.3) is 0 Å². The Morgan fingerprint density at radius 1 is 1.07 bits per heavy atom. The zero-order chi connectivity index (χ0) is 11.6. The molecule has 0 amide bonds. The monoisotopic (exact) mass is 246 g/mol. The van der Waals surface area contributed by atoms with E-state index in [1.807, 2.05) is 18.2 Å². The Balaban J connectivity index is 3.35. The molecule has 1 aromatic carbocycles. The fraction of sp³-hybridized carbons (Fsp3) is 0.400. The van der Waals surface area contributed by atoms with Gasteiger partial charge < -0.3 is 0 Å². The van der Waals surface area contributed by atoms with Gasteiger partial charge in [-0.1, -0.05) is 23.7 Å². The van der Waals surface area contributed by atoms with Gasteiger partial charge in [-0.15, -0.1) is 0 Å². The zero-order valence-electron chi connectivity index (χ0n) is 9.44. The molecule has 1 aromatic rings. The van der Waals surface area contributed by atoms with Gasteiger partial charge in [0.05, 0.1) is 10.3 Å². The average molecular weight is 247 g/mol. The molecule has 84 valence electrons. The number of hydrogen-bond donors (Lipinski definition) is 0. The molecule has 0 saturated heterocycles. The second-order valence-corrected chi connectivity index (χ2v) is 7.27. The lowest BCUT2D eigenvalue weighted by Crippen LogP contribution is -2.29. The summed E-state index contributed by atoms with van der Waals surface area (Å²) >= 11 is 6.07. The van der Waals surface area contributed by atoms with Crippen molar-refractivity contribution in [3.63, 3.8) is 0 Å². The van der Waals surface area contributed by atoms with Crippen LogP contribution in [-0.4, -0.2) is 37.5 Å². The van der Waals surface area contributed by atoms with Gasteiger partial charge in [-0.05, 0) is 40.3 Å². The molecule has 0 bridgehead atoms. The van der Waals surface area contributed by atoms with Crippen molar-refractivity contribution in [3.05, 3.63) is 29.3 Å². The number of hydrogen-bond acceptors (Lipinski definition) is 1. The minimum Gasteiger partial charge on any atom is -0.283 e. The molecule has 0 atom stereocenters. The van der Waals surface area contributed by atoms with Gasteiger partial charge in [-0.2, -0.15) is 0 Å². The zero-order valence-corrected chi connectivity index (χ0v) is 11.1. The summed E-state index contributed by atoms with van der Waals surface area (Å²) in [5, 5.41) is 1.23. The Hall–Kier alpha value is -0.340. The smallest absolute Gasteiger partial charge is 0.246 e. The molecule has 5 heteroatoms. The highest BCUT2D eigenvalue weighted by molar-refractivity contribution is 7.67. The van der Waals surface area contributed by atoms with E-state index in [1.165, 1.54) is 0 Å². The molecule has 0 aromatic heterocycles. The molecular weight excluding hydrogens is 231 g/mol. The summed E-state index contributed by atoms with van der Waals surface area (Å²) in [5.74, 6) is 0. The van der Waals surface area contributed by atoms with Gasteiger partial charge in [0.15, 0.2) is 0 Å². The predicted molar refractivity (Wildman–Crippen MR) is 66.1 cm³/mol. The van der Waals surface area contributed by atoms with Gasteiger partial charge in [0.1, 0.15) is 0 Å². The van der Waals surface area contributed by atoms with Crippen molar-refractivity contribution in [2.45, 2.75) is 0 Å². The van der Waals surface area contributed by atoms with Crippen LogP contribution in [0.4, 0.5) is 0 Å². The standard InChI is InChI=1S/C10H16ClN2OP/c1-12(2)15(14,13(3)4)10-8-6-5-7-9(10)11/h5-8H,1-4H3. The van der Waals surface area contributed by atoms with Crippen molar-refractivity contribution in [2.75, 3.05) is 28.2 Å². The van der Waals surface area contributed by atoms with E-state index in [2.05, 4.69) is 0 Å². The van der Waals surface area contributed by atoms with E-state index in [-0.39, 0.29) is 0 Å². The van der Waals surface area contributed by atoms with Crippen molar-refractivity contribution < 1.29 is 4.57 Å². The first-order valence-electron chi connectivity index (χ1n) is 4.61. The lowest BCUT2D eigenvalue weighted by molar-refractivity contribution is 0.460. The second kappa shape index (κ2) is 4.67. The van der Waals surface area contributed by atoms with Gasteiger partial charge in [-0.3, -0.25) is 4.57 Å². The largest absolute Gasteiger partial charge is 0.283 e. The number of halogens is 1. The third-order valence-corrected chi connectivity index (χ3v) is 5.90. The van der Waals surface area contributed by atoms with Crippen molar-refractivity contribution in [3.8, 4) is 0 Å². The maximum atomic E-state index is 12.8. The van der Waals surface area contributed by atoms with E-state index >= 15 is 0 Å². The lowest BCUT2D eigenvalue weighted by atomic mass is 10.4. The fourth-order valence-electron chi connectivity index (χ4n) is 1.48. The average Bonchev–Trinajstić information content (AvgIpc) is 2.16. The first-order chi connectivity index (χ1) is 6.90. The van der Waals surface area contributed by atoms with Gasteiger partial charge in [-0.25, -0.2) is 9.34 Å². The summed E-state index contributed by atoms with van der Waals surface area (Å²) in [6.07, 6.45) is 0. The van der Waals surface area contributed by atoms with Gasteiger partial charge in [0, 0.05) is 0 Å². The van der Waals surface area contributed by atoms with Crippen molar-refractivity contribution in [1.82, 2.24) is 9.34 Å². The molecule has 0 unspecified atom stereocenters. The molecule has 1 rings (SSSR count). The molecule has 0 aliphatic rings. The minimum atomic E-state index is -2.72. The highest BCUT2D eigenvalue weighted by Gasteiger charge is 2.32. The topological polar surface area (TPSA) is 23.6 Å². The van der Waals surface area contributed by atoms with E-state index in [9.17, 15) is 4.57 Å². The van der Waals surface area contributed by atoms with Gasteiger partial charge in [0.2, 0.25) is 7.44 Å². The van der Waals surface area contributed by atoms with Crippen LogP contribution < -0.4 is 5.30 Å². The lowest BCUT2D eigenvalue weighted by Gasteiger charge is -2.31. The maximum absolute atomic E-state index is 12.8. The molecule has 0 N–H and O–H groups in total. The van der Waals surface area contributed by atoms with Crippen LogP contribution >= 0.6 is 19.0 Å². The molecule has 0 heterocycles. The van der Waals surface area contributed by atoms with Crippen molar-refractivity contribution in [2.24, 2.45) is 0 Å². The van der Waals surface area contributed by atoms with Crippen LogP contribution in [0.15, 0.2) is 24.3 Å². The molecule has 0 fully saturated rings. The summed E-state index contributed by atoms with van der Waals surface area (Å²) in [6, 6.07) is 7.25. The van der Waals surface area contributed by atoms with Crippen LogP contribution in [0.1, 0.15) is 0 Å². The molecular formula is C10H16ClN2OP. The summed E-state index contributed by atoms with van der Waals surface area (Å²) in [6.45, 7) is 0. The molecule has 15 heavy (non-hydrogen) atoms. The number of rotatable bonds is 3. The number of nitrogens with zero attached hydrogens (tertiary/aromatic N) is 2. The van der Waals surface area contributed by atoms with E-state index < -0.39 is 7.44 Å². The molecule has 0 spiro atoms. The van der Waals surface area contributed by atoms with Gasteiger partial charge >= 0.3 is 0 Å². The number of benzene rings is 1. The normalized spacial score (nSPS) is 12.5. The highest BCUT2D eigenvalue weighted by Crippen LogP contribution is 2.49. The van der Waals surface area contributed by atoms with Gasteiger partial charge in [0.25, 0.3) is 0 Å². The Labute approximate surface area is 96.1 Å². The third-order valence-electron chi connectivity index (χ3n) is 2.25. The second-order valence-electron chi connectivity index (χ2n) is 3.69. The molecule has 0 aliphatic carbocycles. The van der Waals surface area contributed by atoms with Crippen molar-refractivity contribution in [1.29, 1.82) is 0 Å². The first-order valence-corrected chi connectivity index (χ1v) is 6.60. The Morgan fingerprint density at radius 2 is 1.53 bits per heavy atom. The van der Waals surface area contributed by atoms with E-state index in [0.29, 0.717) is 10.3 Å². The molecule has 0 aliphatic heterocycles. The van der Waals surface area contributed by atoms with E-state index in [4.69, 9.17) is 11.6 Å². The first kappa shape index (κ1) is 12.7. The summed E-state index contributed by atoms with van der Waals surface area (Å²) in [5.41, 5.74) is 0. The summed E-state index contributed by atoms with van der Waals surface area (Å²) in [4.78, 5) is 0. The summed E-state index contributed by atoms with van der Waals surface area (Å²) < 4.78 is 16.2. The third kappa shape index (κ3) is 2.26. The quantitative estimate of drug-likeness (QED) is 0.765.